The molecule has 1 atom stereocenters. The Bertz CT molecular complexity index is 601. The van der Waals surface area contributed by atoms with Gasteiger partial charge in [0.05, 0.1) is 6.04 Å². The van der Waals surface area contributed by atoms with E-state index in [1.54, 1.807) is 9.58 Å². The minimum atomic E-state index is -0.502. The molecule has 0 saturated carbocycles. The number of nitrogens with zero attached hydrogens (tertiary/aromatic N) is 4. The Morgan fingerprint density at radius 1 is 1.48 bits per heavy atom. The van der Waals surface area contributed by atoms with Crippen molar-refractivity contribution in [2.75, 3.05) is 13.1 Å². The zero-order valence-corrected chi connectivity index (χ0v) is 15.2. The highest BCUT2D eigenvalue weighted by Crippen LogP contribution is 2.31. The maximum atomic E-state index is 12.1. The van der Waals surface area contributed by atoms with Crippen LogP contribution < -0.4 is 0 Å². The topological polar surface area (TPSA) is 71.2 Å². The van der Waals surface area contributed by atoms with E-state index in [1.165, 1.54) is 0 Å². The quantitative estimate of drug-likeness (QED) is 0.698. The van der Waals surface area contributed by atoms with E-state index in [0.717, 1.165) is 6.42 Å². The fraction of sp³-hybridized carbons (Fsp3) is 0.615. The number of carbonyl (C=O) groups is 1. The summed E-state index contributed by atoms with van der Waals surface area (Å²) < 4.78 is 8.25. The lowest BCUT2D eigenvalue weighted by molar-refractivity contribution is 0.0288. The number of aromatic nitrogens is 2. The first-order chi connectivity index (χ1) is 9.73. The van der Waals surface area contributed by atoms with Gasteiger partial charge in [-0.05, 0) is 59.1 Å². The Morgan fingerprint density at radius 2 is 2.14 bits per heavy atom. The van der Waals surface area contributed by atoms with Crippen molar-refractivity contribution in [2.24, 2.45) is 0 Å². The van der Waals surface area contributed by atoms with Crippen molar-refractivity contribution in [3.05, 3.63) is 14.8 Å². The number of amides is 1. The molecule has 1 amide bonds. The smallest absolute Gasteiger partial charge is 0.410 e. The highest BCUT2D eigenvalue weighted by Gasteiger charge is 2.32. The van der Waals surface area contributed by atoms with Crippen molar-refractivity contribution in [3.63, 3.8) is 0 Å². The number of rotatable bonds is 1. The molecule has 6 nitrogen and oxygen atoms in total. The van der Waals surface area contributed by atoms with Crippen LogP contribution in [0.15, 0.2) is 9.21 Å². The second-order valence-corrected chi connectivity index (χ2v) is 7.38. The van der Waals surface area contributed by atoms with Gasteiger partial charge in [-0.15, -0.1) is 0 Å². The fourth-order valence-corrected chi connectivity index (χ4v) is 3.51. The first-order valence-corrected chi connectivity index (χ1v) is 8.13. The summed E-state index contributed by atoms with van der Waals surface area (Å²) in [5.41, 5.74) is -0.0379. The molecule has 0 radical (unpaired) electrons. The number of ether oxygens (including phenoxy) is 1. The molecule has 2 heterocycles. The molecule has 1 aromatic rings. The van der Waals surface area contributed by atoms with E-state index in [-0.39, 0.29) is 12.1 Å². The largest absolute Gasteiger partial charge is 0.444 e. The molecule has 1 aliphatic rings. The maximum absolute atomic E-state index is 12.1. The summed E-state index contributed by atoms with van der Waals surface area (Å²) in [5, 5.41) is 13.4. The summed E-state index contributed by atoms with van der Waals surface area (Å²) in [6, 6.07) is 2.12. The van der Waals surface area contributed by atoms with E-state index in [0.29, 0.717) is 27.9 Å². The average molecular weight is 420 g/mol. The van der Waals surface area contributed by atoms with Crippen LogP contribution >= 0.6 is 31.9 Å². The summed E-state index contributed by atoms with van der Waals surface area (Å²) in [4.78, 5) is 13.7. The van der Waals surface area contributed by atoms with Crippen molar-refractivity contribution in [3.8, 4) is 6.07 Å². The monoisotopic (exact) mass is 418 g/mol. The third-order valence-corrected chi connectivity index (χ3v) is 4.40. The molecule has 114 valence electrons. The molecule has 1 aromatic heterocycles. The Kier molecular flexibility index (Phi) is 4.63. The standard InChI is InChI=1S/C13H16Br2N4O2/c1-13(2,3)21-12(20)18-5-4-8(7-18)19-11(15)9(6-16)10(14)17-19/h8H,4-5,7H2,1-3H3. The van der Waals surface area contributed by atoms with Gasteiger partial charge in [0.1, 0.15) is 26.4 Å². The number of hydrogen-bond acceptors (Lipinski definition) is 4. The van der Waals surface area contributed by atoms with Gasteiger partial charge in [0.2, 0.25) is 0 Å². The van der Waals surface area contributed by atoms with Crippen LogP contribution in [-0.4, -0.2) is 39.5 Å². The maximum Gasteiger partial charge on any atom is 0.410 e. The minimum Gasteiger partial charge on any atom is -0.444 e. The van der Waals surface area contributed by atoms with E-state index in [1.807, 2.05) is 20.8 Å². The summed E-state index contributed by atoms with van der Waals surface area (Å²) in [6.45, 7) is 6.68. The van der Waals surface area contributed by atoms with Gasteiger partial charge in [0.15, 0.2) is 0 Å². The van der Waals surface area contributed by atoms with Gasteiger partial charge in [-0.25, -0.2) is 4.79 Å². The van der Waals surface area contributed by atoms with Gasteiger partial charge in [0, 0.05) is 13.1 Å². The SMILES string of the molecule is CC(C)(C)OC(=O)N1CCC(n2nc(Br)c(C#N)c2Br)C1. The second-order valence-electron chi connectivity index (χ2n) is 5.88. The third kappa shape index (κ3) is 3.58. The molecule has 1 fully saturated rings. The number of likely N-dealkylation sites (tertiary alicyclic amines) is 1. The van der Waals surface area contributed by atoms with Crippen LogP contribution in [0.4, 0.5) is 4.79 Å². The summed E-state index contributed by atoms with van der Waals surface area (Å²) >= 11 is 6.66. The molecule has 2 rings (SSSR count). The zero-order valence-electron chi connectivity index (χ0n) is 12.1. The lowest BCUT2D eigenvalue weighted by Crippen LogP contribution is -2.35. The van der Waals surface area contributed by atoms with Gasteiger partial charge < -0.3 is 9.64 Å². The van der Waals surface area contributed by atoms with Crippen LogP contribution in [0.2, 0.25) is 0 Å². The van der Waals surface area contributed by atoms with Gasteiger partial charge in [0.25, 0.3) is 0 Å². The Balaban J connectivity index is 2.10. The summed E-state index contributed by atoms with van der Waals surface area (Å²) in [6.07, 6.45) is 0.462. The highest BCUT2D eigenvalue weighted by atomic mass is 79.9. The van der Waals surface area contributed by atoms with E-state index >= 15 is 0 Å². The molecule has 0 aromatic carbocycles. The molecule has 21 heavy (non-hydrogen) atoms. The van der Waals surface area contributed by atoms with Crippen molar-refractivity contribution in [2.45, 2.75) is 38.8 Å². The molecule has 0 N–H and O–H groups in total. The van der Waals surface area contributed by atoms with Gasteiger partial charge in [-0.1, -0.05) is 0 Å². The van der Waals surface area contributed by atoms with E-state index in [4.69, 9.17) is 10.00 Å². The lowest BCUT2D eigenvalue weighted by atomic mass is 10.2. The minimum absolute atomic E-state index is 0.0327. The Morgan fingerprint density at radius 3 is 2.67 bits per heavy atom. The normalized spacial score (nSPS) is 18.7. The van der Waals surface area contributed by atoms with Crippen LogP contribution in [-0.2, 0) is 4.74 Å². The molecular weight excluding hydrogens is 404 g/mol. The van der Waals surface area contributed by atoms with Crippen LogP contribution in [0.25, 0.3) is 0 Å². The van der Waals surface area contributed by atoms with E-state index in [9.17, 15) is 4.79 Å². The van der Waals surface area contributed by atoms with Crippen molar-refractivity contribution in [1.82, 2.24) is 14.7 Å². The summed E-state index contributed by atoms with van der Waals surface area (Å²) in [7, 11) is 0. The molecule has 0 spiro atoms. The van der Waals surface area contributed by atoms with Gasteiger partial charge in [-0.2, -0.15) is 10.4 Å². The van der Waals surface area contributed by atoms with Crippen molar-refractivity contribution < 1.29 is 9.53 Å². The van der Waals surface area contributed by atoms with Crippen LogP contribution in [0.3, 0.4) is 0 Å². The highest BCUT2D eigenvalue weighted by molar-refractivity contribution is 9.11. The predicted molar refractivity (Wildman–Crippen MR) is 83.8 cm³/mol. The van der Waals surface area contributed by atoms with Crippen molar-refractivity contribution in [1.29, 1.82) is 5.26 Å². The van der Waals surface area contributed by atoms with Crippen LogP contribution in [0.1, 0.15) is 38.8 Å². The van der Waals surface area contributed by atoms with Crippen LogP contribution in [0, 0.1) is 11.3 Å². The molecule has 1 saturated heterocycles. The predicted octanol–water partition coefficient (Wildman–Crippen LogP) is 3.46. The molecular formula is C13H16Br2N4O2. The number of halogens is 2. The zero-order chi connectivity index (χ0) is 15.8. The van der Waals surface area contributed by atoms with E-state index in [2.05, 4.69) is 43.0 Å². The number of nitriles is 1. The van der Waals surface area contributed by atoms with Gasteiger partial charge in [-0.3, -0.25) is 4.68 Å². The lowest BCUT2D eigenvalue weighted by Gasteiger charge is -2.24. The number of hydrogen-bond donors (Lipinski definition) is 0. The molecule has 1 aliphatic heterocycles. The average Bonchev–Trinajstić information content (AvgIpc) is 2.92. The van der Waals surface area contributed by atoms with E-state index < -0.39 is 5.60 Å². The Hall–Kier alpha value is -1.07. The molecule has 1 unspecified atom stereocenters. The molecule has 8 heteroatoms. The van der Waals surface area contributed by atoms with Crippen LogP contribution in [0.5, 0.6) is 0 Å². The third-order valence-electron chi connectivity index (χ3n) is 3.08. The van der Waals surface area contributed by atoms with Crippen molar-refractivity contribution >= 4 is 38.0 Å². The second kappa shape index (κ2) is 5.97. The Labute approximate surface area is 140 Å². The van der Waals surface area contributed by atoms with Gasteiger partial charge >= 0.3 is 6.09 Å². The first kappa shape index (κ1) is 16.3. The number of carbonyl (C=O) groups excluding carboxylic acids is 1. The first-order valence-electron chi connectivity index (χ1n) is 6.54. The molecule has 0 bridgehead atoms. The summed E-state index contributed by atoms with van der Waals surface area (Å²) in [5.74, 6) is 0. The fourth-order valence-electron chi connectivity index (χ4n) is 2.16. The molecule has 0 aliphatic carbocycles.